The zero-order valence-electron chi connectivity index (χ0n) is 18.4. The van der Waals surface area contributed by atoms with E-state index in [0.29, 0.717) is 30.4 Å². The zero-order valence-corrected chi connectivity index (χ0v) is 18.4. The number of carbonyl (C=O) groups excluding carboxylic acids is 1. The van der Waals surface area contributed by atoms with Gasteiger partial charge in [-0.1, -0.05) is 17.3 Å². The van der Waals surface area contributed by atoms with Crippen molar-refractivity contribution in [2.24, 2.45) is 4.99 Å². The summed E-state index contributed by atoms with van der Waals surface area (Å²) in [5.41, 5.74) is 1.33. The van der Waals surface area contributed by atoms with Crippen LogP contribution >= 0.6 is 0 Å². The molecular weight excluding hydrogens is 384 g/mol. The number of ether oxygens (including phenoxy) is 1. The molecule has 9 nitrogen and oxygen atoms in total. The molecule has 0 bridgehead atoms. The molecular formula is C21H32N6O3. The summed E-state index contributed by atoms with van der Waals surface area (Å²) in [5, 5.41) is 13.0. The first-order valence-electron chi connectivity index (χ1n) is 10.2. The van der Waals surface area contributed by atoms with Crippen LogP contribution in [0, 0.1) is 6.92 Å². The molecule has 0 aliphatic rings. The summed E-state index contributed by atoms with van der Waals surface area (Å²) in [6, 6.07) is 7.70. The number of anilines is 1. The van der Waals surface area contributed by atoms with Crippen LogP contribution in [0.5, 0.6) is 0 Å². The molecule has 0 unspecified atom stereocenters. The van der Waals surface area contributed by atoms with Crippen LogP contribution in [0.3, 0.4) is 0 Å². The second-order valence-electron chi connectivity index (χ2n) is 7.75. The van der Waals surface area contributed by atoms with Crippen molar-refractivity contribution in [3.63, 3.8) is 0 Å². The molecule has 0 atom stereocenters. The van der Waals surface area contributed by atoms with E-state index < -0.39 is 11.7 Å². The van der Waals surface area contributed by atoms with Crippen LogP contribution < -0.4 is 16.0 Å². The summed E-state index contributed by atoms with van der Waals surface area (Å²) in [4.78, 5) is 20.5. The van der Waals surface area contributed by atoms with Crippen molar-refractivity contribution in [2.75, 3.05) is 25.0 Å². The van der Waals surface area contributed by atoms with Crippen molar-refractivity contribution in [2.45, 2.75) is 53.1 Å². The molecule has 1 amide bonds. The van der Waals surface area contributed by atoms with Gasteiger partial charge < -0.3 is 19.9 Å². The molecule has 0 saturated heterocycles. The molecule has 0 fully saturated rings. The van der Waals surface area contributed by atoms with Crippen LogP contribution in [0.15, 0.2) is 33.8 Å². The van der Waals surface area contributed by atoms with E-state index in [1.54, 1.807) is 6.92 Å². The highest BCUT2D eigenvalue weighted by molar-refractivity contribution is 5.84. The van der Waals surface area contributed by atoms with E-state index in [1.807, 2.05) is 52.0 Å². The molecule has 1 aromatic heterocycles. The summed E-state index contributed by atoms with van der Waals surface area (Å²) >= 11 is 0. The number of aryl methyl sites for hydroxylation is 1. The normalized spacial score (nSPS) is 11.8. The minimum Gasteiger partial charge on any atom is -0.444 e. The average Bonchev–Trinajstić information content (AvgIpc) is 3.07. The van der Waals surface area contributed by atoms with Crippen molar-refractivity contribution >= 4 is 17.7 Å². The summed E-state index contributed by atoms with van der Waals surface area (Å²) in [7, 11) is 0. The molecule has 0 aliphatic carbocycles. The molecule has 2 aromatic rings. The van der Waals surface area contributed by atoms with Gasteiger partial charge in [-0.25, -0.2) is 4.79 Å². The van der Waals surface area contributed by atoms with Gasteiger partial charge in [0.1, 0.15) is 5.60 Å². The van der Waals surface area contributed by atoms with Crippen molar-refractivity contribution in [1.29, 1.82) is 0 Å². The second-order valence-corrected chi connectivity index (χ2v) is 7.75. The molecule has 0 aliphatic heterocycles. The zero-order chi connectivity index (χ0) is 22.0. The number of nitrogens with one attached hydrogen (secondary N) is 3. The van der Waals surface area contributed by atoms with Crippen LogP contribution in [-0.2, 0) is 17.6 Å². The third-order valence-corrected chi connectivity index (χ3v) is 3.81. The second kappa shape index (κ2) is 11.2. The third-order valence-electron chi connectivity index (χ3n) is 3.81. The third kappa shape index (κ3) is 8.93. The molecule has 30 heavy (non-hydrogen) atoms. The fourth-order valence-electron chi connectivity index (χ4n) is 2.55. The molecule has 1 aromatic carbocycles. The maximum absolute atomic E-state index is 11.8. The van der Waals surface area contributed by atoms with Gasteiger partial charge in [0.15, 0.2) is 11.8 Å². The molecule has 0 spiro atoms. The Bertz CT molecular complexity index is 824. The lowest BCUT2D eigenvalue weighted by molar-refractivity contribution is 0.0636. The first-order valence-corrected chi connectivity index (χ1v) is 10.2. The number of guanidine groups is 1. The predicted octanol–water partition coefficient (Wildman–Crippen LogP) is 3.07. The van der Waals surface area contributed by atoms with E-state index in [4.69, 9.17) is 9.26 Å². The fraction of sp³-hybridized carbons (Fsp3) is 0.524. The Balaban J connectivity index is 1.77. The number of aliphatic imine (C=N–C) groups is 1. The van der Waals surface area contributed by atoms with E-state index >= 15 is 0 Å². The van der Waals surface area contributed by atoms with Crippen LogP contribution in [0.4, 0.5) is 10.5 Å². The lowest BCUT2D eigenvalue weighted by atomic mass is 10.1. The Morgan fingerprint density at radius 1 is 1.17 bits per heavy atom. The van der Waals surface area contributed by atoms with Gasteiger partial charge in [0.2, 0.25) is 5.89 Å². The van der Waals surface area contributed by atoms with Crippen LogP contribution in [-0.4, -0.2) is 47.4 Å². The number of amides is 1. The van der Waals surface area contributed by atoms with Gasteiger partial charge in [0.25, 0.3) is 0 Å². The topological polar surface area (TPSA) is 114 Å². The average molecular weight is 417 g/mol. The summed E-state index contributed by atoms with van der Waals surface area (Å²) in [6.45, 7) is 11.4. The van der Waals surface area contributed by atoms with E-state index in [9.17, 15) is 4.79 Å². The molecule has 1 heterocycles. The summed E-state index contributed by atoms with van der Waals surface area (Å²) < 4.78 is 10.4. The lowest BCUT2D eigenvalue weighted by Crippen LogP contribution is -2.38. The number of rotatable bonds is 8. The van der Waals surface area contributed by atoms with Gasteiger partial charge in [-0.2, -0.15) is 4.98 Å². The highest BCUT2D eigenvalue weighted by Crippen LogP contribution is 2.13. The maximum Gasteiger partial charge on any atom is 0.412 e. The molecule has 0 radical (unpaired) electrons. The molecule has 3 N–H and O–H groups in total. The van der Waals surface area contributed by atoms with Crippen LogP contribution in [0.1, 0.15) is 45.0 Å². The summed E-state index contributed by atoms with van der Waals surface area (Å²) in [6.07, 6.45) is 0.961. The van der Waals surface area contributed by atoms with Crippen molar-refractivity contribution in [3.05, 3.63) is 41.5 Å². The molecule has 0 saturated carbocycles. The van der Waals surface area contributed by atoms with Gasteiger partial charge in [0, 0.05) is 25.2 Å². The number of aromatic nitrogens is 2. The lowest BCUT2D eigenvalue weighted by Gasteiger charge is -2.19. The standard InChI is InChI=1S/C21H32N6O3/c1-6-22-19(24-14-12-18-25-15(2)27-30-18)23-13-11-16-7-9-17(10-8-16)26-20(28)29-21(3,4)5/h7-10H,6,11-14H2,1-5H3,(H,26,28)(H2,22,23,24). The van der Waals surface area contributed by atoms with Crippen molar-refractivity contribution in [3.8, 4) is 0 Å². The first-order chi connectivity index (χ1) is 14.2. The highest BCUT2D eigenvalue weighted by Gasteiger charge is 2.16. The SMILES string of the molecule is CCNC(=NCCc1nc(C)no1)NCCc1ccc(NC(=O)OC(C)(C)C)cc1. The Kier molecular flexibility index (Phi) is 8.64. The molecule has 9 heteroatoms. The monoisotopic (exact) mass is 416 g/mol. The number of benzene rings is 1. The number of hydrogen-bond acceptors (Lipinski definition) is 6. The largest absolute Gasteiger partial charge is 0.444 e. The quantitative estimate of drug-likeness (QED) is 0.448. The van der Waals surface area contributed by atoms with Gasteiger partial charge in [-0.3, -0.25) is 10.3 Å². The van der Waals surface area contributed by atoms with E-state index in [1.165, 1.54) is 0 Å². The fourth-order valence-corrected chi connectivity index (χ4v) is 2.55. The van der Waals surface area contributed by atoms with Gasteiger partial charge in [-0.15, -0.1) is 0 Å². The number of nitrogens with zero attached hydrogens (tertiary/aromatic N) is 3. The van der Waals surface area contributed by atoms with E-state index in [-0.39, 0.29) is 0 Å². The Morgan fingerprint density at radius 3 is 2.50 bits per heavy atom. The predicted molar refractivity (Wildman–Crippen MR) is 117 cm³/mol. The number of carbonyl (C=O) groups is 1. The van der Waals surface area contributed by atoms with Crippen LogP contribution in [0.25, 0.3) is 0 Å². The number of hydrogen-bond donors (Lipinski definition) is 3. The minimum atomic E-state index is -0.522. The van der Waals surface area contributed by atoms with E-state index in [0.717, 1.165) is 31.0 Å². The molecule has 2 rings (SSSR count). The Hall–Kier alpha value is -3.10. The maximum atomic E-state index is 11.8. The van der Waals surface area contributed by atoms with Gasteiger partial charge in [-0.05, 0) is 58.7 Å². The minimum absolute atomic E-state index is 0.459. The van der Waals surface area contributed by atoms with Crippen molar-refractivity contribution < 1.29 is 14.1 Å². The first kappa shape index (κ1) is 23.2. The van der Waals surface area contributed by atoms with Crippen molar-refractivity contribution in [1.82, 2.24) is 20.8 Å². The van der Waals surface area contributed by atoms with Gasteiger partial charge in [0.05, 0.1) is 6.54 Å². The Morgan fingerprint density at radius 2 is 1.90 bits per heavy atom. The Labute approximate surface area is 177 Å². The highest BCUT2D eigenvalue weighted by atomic mass is 16.6. The van der Waals surface area contributed by atoms with Gasteiger partial charge >= 0.3 is 6.09 Å². The summed E-state index contributed by atoms with van der Waals surface area (Å²) in [5.74, 6) is 1.97. The van der Waals surface area contributed by atoms with Crippen LogP contribution in [0.2, 0.25) is 0 Å². The smallest absolute Gasteiger partial charge is 0.412 e. The molecule has 164 valence electrons. The van der Waals surface area contributed by atoms with E-state index in [2.05, 4.69) is 31.1 Å².